The molecule has 0 aliphatic carbocycles. The van der Waals surface area contributed by atoms with Crippen LogP contribution >= 0.6 is 58.0 Å². The molecule has 3 aromatic rings. The van der Waals surface area contributed by atoms with E-state index < -0.39 is 0 Å². The zero-order valence-corrected chi connectivity index (χ0v) is 16.7. The summed E-state index contributed by atoms with van der Waals surface area (Å²) in [5, 5.41) is 11.2. The van der Waals surface area contributed by atoms with Crippen molar-refractivity contribution in [1.82, 2.24) is 4.57 Å². The average molecular weight is 447 g/mol. The van der Waals surface area contributed by atoms with E-state index in [-0.39, 0.29) is 22.5 Å². The molecule has 132 valence electrons. The highest BCUT2D eigenvalue weighted by molar-refractivity contribution is 6.43. The van der Waals surface area contributed by atoms with E-state index >= 15 is 0 Å². The lowest BCUT2D eigenvalue weighted by atomic mass is 10.1. The molecule has 0 bridgehead atoms. The van der Waals surface area contributed by atoms with Gasteiger partial charge in [-0.05, 0) is 36.4 Å². The molecule has 0 aliphatic rings. The highest BCUT2D eigenvalue weighted by atomic mass is 35.5. The van der Waals surface area contributed by atoms with Crippen LogP contribution in [-0.2, 0) is 6.73 Å². The van der Waals surface area contributed by atoms with Crippen molar-refractivity contribution in [3.63, 3.8) is 0 Å². The SMILES string of the molecule is N#Cc1c(Cl)c(Cl)n(COc2ccc(Cl)cc2)c1-c1ccc(Cl)c(Cl)c1. The minimum absolute atomic E-state index is 0.0391. The molecule has 2 aromatic carbocycles. The summed E-state index contributed by atoms with van der Waals surface area (Å²) in [6, 6.07) is 14.0. The summed E-state index contributed by atoms with van der Waals surface area (Å²) in [5.74, 6) is 0.592. The molecule has 0 aliphatic heterocycles. The second kappa shape index (κ2) is 8.00. The van der Waals surface area contributed by atoms with Gasteiger partial charge in [-0.15, -0.1) is 0 Å². The van der Waals surface area contributed by atoms with Gasteiger partial charge in [0.1, 0.15) is 17.0 Å². The Balaban J connectivity index is 2.05. The van der Waals surface area contributed by atoms with Crippen molar-refractivity contribution in [2.75, 3.05) is 0 Å². The van der Waals surface area contributed by atoms with E-state index in [0.29, 0.717) is 32.1 Å². The molecule has 0 amide bonds. The fraction of sp³-hybridized carbons (Fsp3) is 0.0556. The molecule has 0 fully saturated rings. The van der Waals surface area contributed by atoms with Crippen LogP contribution in [0.15, 0.2) is 42.5 Å². The highest BCUT2D eigenvalue weighted by Crippen LogP contribution is 2.39. The van der Waals surface area contributed by atoms with E-state index in [1.807, 2.05) is 0 Å². The molecule has 8 heteroatoms. The lowest BCUT2D eigenvalue weighted by Gasteiger charge is -2.13. The molecule has 1 heterocycles. The fourth-order valence-corrected chi connectivity index (χ4v) is 3.28. The van der Waals surface area contributed by atoms with Gasteiger partial charge in [0.25, 0.3) is 0 Å². The third-order valence-corrected chi connectivity index (χ3v) is 5.47. The monoisotopic (exact) mass is 444 g/mol. The van der Waals surface area contributed by atoms with Crippen LogP contribution < -0.4 is 4.74 Å². The van der Waals surface area contributed by atoms with Gasteiger partial charge in [0.05, 0.1) is 26.3 Å². The maximum atomic E-state index is 9.52. The highest BCUT2D eigenvalue weighted by Gasteiger charge is 2.22. The fourth-order valence-electron chi connectivity index (χ4n) is 2.40. The van der Waals surface area contributed by atoms with Gasteiger partial charge in [-0.1, -0.05) is 64.1 Å². The van der Waals surface area contributed by atoms with Crippen LogP contribution in [0, 0.1) is 11.3 Å². The minimum atomic E-state index is 0.0391. The lowest BCUT2D eigenvalue weighted by Crippen LogP contribution is -2.07. The van der Waals surface area contributed by atoms with Crippen molar-refractivity contribution >= 4 is 58.0 Å². The normalized spacial score (nSPS) is 10.6. The molecule has 0 spiro atoms. The zero-order chi connectivity index (χ0) is 18.8. The number of rotatable bonds is 4. The van der Waals surface area contributed by atoms with Crippen LogP contribution in [-0.4, -0.2) is 4.57 Å². The Morgan fingerprint density at radius 2 is 1.62 bits per heavy atom. The molecule has 26 heavy (non-hydrogen) atoms. The summed E-state index contributed by atoms with van der Waals surface area (Å²) in [4.78, 5) is 0. The van der Waals surface area contributed by atoms with Gasteiger partial charge in [0, 0.05) is 10.6 Å². The van der Waals surface area contributed by atoms with Crippen molar-refractivity contribution in [3.05, 3.63) is 73.3 Å². The van der Waals surface area contributed by atoms with Crippen LogP contribution in [0.5, 0.6) is 5.75 Å². The van der Waals surface area contributed by atoms with Gasteiger partial charge in [-0.2, -0.15) is 5.26 Å². The van der Waals surface area contributed by atoms with Crippen molar-refractivity contribution in [3.8, 4) is 23.1 Å². The number of nitriles is 1. The van der Waals surface area contributed by atoms with Crippen LogP contribution in [0.3, 0.4) is 0 Å². The van der Waals surface area contributed by atoms with Crippen molar-refractivity contribution in [1.29, 1.82) is 5.26 Å². The average Bonchev–Trinajstić information content (AvgIpc) is 2.87. The minimum Gasteiger partial charge on any atom is -0.473 e. The molecule has 0 radical (unpaired) electrons. The third-order valence-electron chi connectivity index (χ3n) is 3.62. The van der Waals surface area contributed by atoms with Crippen molar-refractivity contribution in [2.45, 2.75) is 6.73 Å². The Hall–Kier alpha value is -1.54. The quantitative estimate of drug-likeness (QED) is 0.421. The van der Waals surface area contributed by atoms with E-state index in [4.69, 9.17) is 62.7 Å². The standard InChI is InChI=1S/C18H9Cl5N2O/c19-11-2-4-12(5-3-11)26-9-25-17(13(8-24)16(22)18(25)23)10-1-6-14(20)15(21)7-10/h1-7H,9H2. The molecule has 3 nitrogen and oxygen atoms in total. The van der Waals surface area contributed by atoms with Crippen LogP contribution in [0.25, 0.3) is 11.3 Å². The number of hydrogen-bond donors (Lipinski definition) is 0. The van der Waals surface area contributed by atoms with E-state index in [0.717, 1.165) is 0 Å². The Labute approximate surface area is 175 Å². The molecule has 0 N–H and O–H groups in total. The molecule has 3 rings (SSSR count). The topological polar surface area (TPSA) is 38.0 Å². The van der Waals surface area contributed by atoms with Gasteiger partial charge in [0.15, 0.2) is 6.73 Å². The molecule has 1 aromatic heterocycles. The van der Waals surface area contributed by atoms with Gasteiger partial charge >= 0.3 is 0 Å². The van der Waals surface area contributed by atoms with Gasteiger partial charge < -0.3 is 4.74 Å². The summed E-state index contributed by atoms with van der Waals surface area (Å²) in [6.45, 7) is 0.0391. The first kappa shape index (κ1) is 19.2. The number of aromatic nitrogens is 1. The second-order valence-electron chi connectivity index (χ2n) is 5.22. The Bertz CT molecular complexity index is 1010. The summed E-state index contributed by atoms with van der Waals surface area (Å²) in [6.07, 6.45) is 0. The molecular weight excluding hydrogens is 437 g/mol. The Morgan fingerprint density at radius 3 is 2.23 bits per heavy atom. The molecular formula is C18H9Cl5N2O. The number of benzene rings is 2. The number of nitrogens with zero attached hydrogens (tertiary/aromatic N) is 2. The molecule has 0 saturated heterocycles. The summed E-state index contributed by atoms with van der Waals surface area (Å²) in [7, 11) is 0. The number of hydrogen-bond acceptors (Lipinski definition) is 2. The first-order valence-corrected chi connectivity index (χ1v) is 9.12. The lowest BCUT2D eigenvalue weighted by molar-refractivity contribution is 0.239. The first-order valence-electron chi connectivity index (χ1n) is 7.23. The second-order valence-corrected chi connectivity index (χ2v) is 7.21. The predicted molar refractivity (Wildman–Crippen MR) is 107 cm³/mol. The number of ether oxygens (including phenoxy) is 1. The molecule has 0 atom stereocenters. The van der Waals surface area contributed by atoms with Gasteiger partial charge in [-0.3, -0.25) is 4.57 Å². The summed E-state index contributed by atoms with van der Waals surface area (Å²) < 4.78 is 7.34. The van der Waals surface area contributed by atoms with E-state index in [2.05, 4.69) is 6.07 Å². The van der Waals surface area contributed by atoms with E-state index in [1.54, 1.807) is 47.0 Å². The number of halogens is 5. The maximum absolute atomic E-state index is 9.52. The zero-order valence-electron chi connectivity index (χ0n) is 12.9. The molecule has 0 unspecified atom stereocenters. The third kappa shape index (κ3) is 3.76. The van der Waals surface area contributed by atoms with Crippen LogP contribution in [0.4, 0.5) is 0 Å². The van der Waals surface area contributed by atoms with Crippen LogP contribution in [0.1, 0.15) is 5.56 Å². The van der Waals surface area contributed by atoms with Crippen molar-refractivity contribution in [2.24, 2.45) is 0 Å². The van der Waals surface area contributed by atoms with E-state index in [1.165, 1.54) is 0 Å². The first-order chi connectivity index (χ1) is 12.4. The van der Waals surface area contributed by atoms with E-state index in [9.17, 15) is 5.26 Å². The maximum Gasteiger partial charge on any atom is 0.166 e. The summed E-state index contributed by atoms with van der Waals surface area (Å²) >= 11 is 30.5. The Kier molecular flexibility index (Phi) is 5.92. The molecule has 0 saturated carbocycles. The van der Waals surface area contributed by atoms with Gasteiger partial charge in [0.2, 0.25) is 0 Å². The largest absolute Gasteiger partial charge is 0.473 e. The van der Waals surface area contributed by atoms with Crippen LogP contribution in [0.2, 0.25) is 25.2 Å². The Morgan fingerprint density at radius 1 is 0.923 bits per heavy atom. The smallest absolute Gasteiger partial charge is 0.166 e. The van der Waals surface area contributed by atoms with Gasteiger partial charge in [-0.25, -0.2) is 0 Å². The van der Waals surface area contributed by atoms with Crippen molar-refractivity contribution < 1.29 is 4.74 Å². The summed E-state index contributed by atoms with van der Waals surface area (Å²) in [5.41, 5.74) is 1.37. The predicted octanol–water partition coefficient (Wildman–Crippen LogP) is 7.33.